The van der Waals surface area contributed by atoms with Crippen LogP contribution in [0.15, 0.2) is 24.3 Å². The first-order valence-electron chi connectivity index (χ1n) is 7.90. The molecule has 0 bridgehead atoms. The van der Waals surface area contributed by atoms with Crippen LogP contribution in [0.3, 0.4) is 0 Å². The molecule has 0 atom stereocenters. The van der Waals surface area contributed by atoms with Crippen molar-refractivity contribution in [3.8, 4) is 5.75 Å². The Labute approximate surface area is 122 Å². The maximum Gasteiger partial charge on any atom is 0.119 e. The number of nitrogens with zero attached hydrogens (tertiary/aromatic N) is 1. The molecule has 1 aromatic carbocycles. The number of ether oxygens (including phenoxy) is 1. The maximum atomic E-state index is 9.51. The van der Waals surface area contributed by atoms with Crippen molar-refractivity contribution in [1.29, 1.82) is 0 Å². The lowest BCUT2D eigenvalue weighted by Gasteiger charge is -2.29. The molecule has 1 saturated heterocycles. The van der Waals surface area contributed by atoms with E-state index in [-0.39, 0.29) is 6.10 Å². The van der Waals surface area contributed by atoms with E-state index in [1.54, 1.807) is 0 Å². The predicted molar refractivity (Wildman–Crippen MR) is 82.0 cm³/mol. The lowest BCUT2D eigenvalue weighted by atomic mass is 10.1. The molecule has 1 aliphatic rings. The molecule has 0 radical (unpaired) electrons. The molecule has 1 heterocycles. The average Bonchev–Trinajstić information content (AvgIpc) is 2.48. The van der Waals surface area contributed by atoms with E-state index >= 15 is 0 Å². The highest BCUT2D eigenvalue weighted by Crippen LogP contribution is 2.17. The van der Waals surface area contributed by atoms with Gasteiger partial charge < -0.3 is 9.84 Å². The number of benzene rings is 1. The van der Waals surface area contributed by atoms with Gasteiger partial charge in [-0.1, -0.05) is 31.9 Å². The van der Waals surface area contributed by atoms with Crippen LogP contribution in [0.4, 0.5) is 0 Å². The third-order valence-corrected chi connectivity index (χ3v) is 3.90. The second-order valence-corrected chi connectivity index (χ2v) is 5.71. The first-order chi connectivity index (χ1) is 9.78. The Morgan fingerprint density at radius 2 is 1.85 bits per heavy atom. The number of piperidine rings is 1. The van der Waals surface area contributed by atoms with Gasteiger partial charge in [-0.25, -0.2) is 0 Å². The van der Waals surface area contributed by atoms with Crippen LogP contribution in [-0.4, -0.2) is 35.8 Å². The Hall–Kier alpha value is -1.06. The normalized spacial score (nSPS) is 17.3. The van der Waals surface area contributed by atoms with Gasteiger partial charge in [-0.15, -0.1) is 0 Å². The highest BCUT2D eigenvalue weighted by Gasteiger charge is 2.16. The summed E-state index contributed by atoms with van der Waals surface area (Å²) in [6.45, 7) is 5.99. The molecular formula is C17H27NO2. The fourth-order valence-electron chi connectivity index (χ4n) is 2.57. The summed E-state index contributed by atoms with van der Waals surface area (Å²) < 4.78 is 5.72. The van der Waals surface area contributed by atoms with Crippen LogP contribution in [-0.2, 0) is 6.54 Å². The minimum Gasteiger partial charge on any atom is -0.494 e. The molecule has 0 spiro atoms. The lowest BCUT2D eigenvalue weighted by Crippen LogP contribution is -2.35. The molecule has 0 aromatic heterocycles. The minimum absolute atomic E-state index is 0.0925. The van der Waals surface area contributed by atoms with Gasteiger partial charge >= 0.3 is 0 Å². The van der Waals surface area contributed by atoms with E-state index in [4.69, 9.17) is 4.74 Å². The van der Waals surface area contributed by atoms with E-state index in [1.165, 1.54) is 18.4 Å². The van der Waals surface area contributed by atoms with Crippen molar-refractivity contribution < 1.29 is 9.84 Å². The molecule has 1 aromatic rings. The number of aliphatic hydroxyl groups is 1. The number of likely N-dealkylation sites (tertiary alicyclic amines) is 1. The fraction of sp³-hybridized carbons (Fsp3) is 0.647. The van der Waals surface area contributed by atoms with Gasteiger partial charge in [-0.3, -0.25) is 4.90 Å². The van der Waals surface area contributed by atoms with Gasteiger partial charge in [-0.05, 0) is 37.0 Å². The highest BCUT2D eigenvalue weighted by atomic mass is 16.5. The van der Waals surface area contributed by atoms with E-state index in [1.807, 2.05) is 0 Å². The molecule has 0 amide bonds. The van der Waals surface area contributed by atoms with E-state index in [9.17, 15) is 5.11 Å². The molecule has 0 saturated carbocycles. The van der Waals surface area contributed by atoms with Crippen LogP contribution in [0.2, 0.25) is 0 Å². The van der Waals surface area contributed by atoms with Crippen molar-refractivity contribution in [2.24, 2.45) is 0 Å². The molecule has 3 heteroatoms. The van der Waals surface area contributed by atoms with Crippen LogP contribution in [0.5, 0.6) is 5.75 Å². The van der Waals surface area contributed by atoms with Crippen molar-refractivity contribution >= 4 is 0 Å². The van der Waals surface area contributed by atoms with Crippen molar-refractivity contribution in [2.75, 3.05) is 19.7 Å². The Morgan fingerprint density at radius 1 is 1.15 bits per heavy atom. The standard InChI is InChI=1S/C17H27NO2/c1-2-3-4-13-20-17-7-5-15(6-8-17)14-18-11-9-16(19)10-12-18/h5-8,16,19H,2-4,9-14H2,1H3. The summed E-state index contributed by atoms with van der Waals surface area (Å²) in [4.78, 5) is 2.41. The summed E-state index contributed by atoms with van der Waals surface area (Å²) in [5.41, 5.74) is 1.32. The van der Waals surface area contributed by atoms with Crippen molar-refractivity contribution in [1.82, 2.24) is 4.90 Å². The van der Waals surface area contributed by atoms with Crippen LogP contribution < -0.4 is 4.74 Å². The van der Waals surface area contributed by atoms with Crippen molar-refractivity contribution in [3.63, 3.8) is 0 Å². The van der Waals surface area contributed by atoms with Gasteiger partial charge in [0, 0.05) is 19.6 Å². The van der Waals surface area contributed by atoms with E-state index < -0.39 is 0 Å². The fourth-order valence-corrected chi connectivity index (χ4v) is 2.57. The van der Waals surface area contributed by atoms with Crippen LogP contribution in [0.1, 0.15) is 44.6 Å². The Kier molecular flexibility index (Phi) is 6.34. The summed E-state index contributed by atoms with van der Waals surface area (Å²) >= 11 is 0. The van der Waals surface area contributed by atoms with Crippen molar-refractivity contribution in [3.05, 3.63) is 29.8 Å². The second-order valence-electron chi connectivity index (χ2n) is 5.71. The third-order valence-electron chi connectivity index (χ3n) is 3.90. The monoisotopic (exact) mass is 277 g/mol. The number of unbranched alkanes of at least 4 members (excludes halogenated alkanes) is 2. The van der Waals surface area contributed by atoms with Gasteiger partial charge in [0.2, 0.25) is 0 Å². The molecule has 1 fully saturated rings. The number of hydrogen-bond acceptors (Lipinski definition) is 3. The predicted octanol–water partition coefficient (Wildman–Crippen LogP) is 3.21. The number of rotatable bonds is 7. The molecule has 2 rings (SSSR count). The summed E-state index contributed by atoms with van der Waals surface area (Å²) in [5, 5.41) is 9.51. The molecule has 1 aliphatic heterocycles. The topological polar surface area (TPSA) is 32.7 Å². The van der Waals surface area contributed by atoms with E-state index in [0.717, 1.165) is 51.3 Å². The second kappa shape index (κ2) is 8.28. The maximum absolute atomic E-state index is 9.51. The third kappa shape index (κ3) is 5.14. The quantitative estimate of drug-likeness (QED) is 0.777. The van der Waals surface area contributed by atoms with Crippen molar-refractivity contribution in [2.45, 2.75) is 51.7 Å². The lowest BCUT2D eigenvalue weighted by molar-refractivity contribution is 0.0792. The van der Waals surface area contributed by atoms with Crippen LogP contribution >= 0.6 is 0 Å². The molecular weight excluding hydrogens is 250 g/mol. The minimum atomic E-state index is -0.0925. The average molecular weight is 277 g/mol. The molecule has 112 valence electrons. The number of hydrogen-bond donors (Lipinski definition) is 1. The summed E-state index contributed by atoms with van der Waals surface area (Å²) in [6, 6.07) is 8.44. The first-order valence-corrected chi connectivity index (χ1v) is 7.90. The number of aliphatic hydroxyl groups excluding tert-OH is 1. The zero-order valence-corrected chi connectivity index (χ0v) is 12.6. The van der Waals surface area contributed by atoms with E-state index in [2.05, 4.69) is 36.1 Å². The summed E-state index contributed by atoms with van der Waals surface area (Å²) in [7, 11) is 0. The zero-order chi connectivity index (χ0) is 14.2. The molecule has 1 N–H and O–H groups in total. The van der Waals surface area contributed by atoms with E-state index in [0.29, 0.717) is 0 Å². The van der Waals surface area contributed by atoms with Gasteiger partial charge in [0.25, 0.3) is 0 Å². The Bertz CT molecular complexity index is 369. The molecule has 0 aliphatic carbocycles. The van der Waals surface area contributed by atoms with Crippen LogP contribution in [0, 0.1) is 0 Å². The SMILES string of the molecule is CCCCCOc1ccc(CN2CCC(O)CC2)cc1. The van der Waals surface area contributed by atoms with Crippen LogP contribution in [0.25, 0.3) is 0 Å². The van der Waals surface area contributed by atoms with Gasteiger partial charge in [0.1, 0.15) is 5.75 Å². The summed E-state index contributed by atoms with van der Waals surface area (Å²) in [5.74, 6) is 0.971. The largest absolute Gasteiger partial charge is 0.494 e. The van der Waals surface area contributed by atoms with Gasteiger partial charge in [0.15, 0.2) is 0 Å². The molecule has 20 heavy (non-hydrogen) atoms. The zero-order valence-electron chi connectivity index (χ0n) is 12.6. The first kappa shape index (κ1) is 15.3. The Morgan fingerprint density at radius 3 is 2.50 bits per heavy atom. The summed E-state index contributed by atoms with van der Waals surface area (Å²) in [6.07, 6.45) is 5.31. The highest BCUT2D eigenvalue weighted by molar-refractivity contribution is 5.27. The Balaban J connectivity index is 1.73. The molecule has 3 nitrogen and oxygen atoms in total. The molecule has 0 unspecified atom stereocenters. The van der Waals surface area contributed by atoms with Gasteiger partial charge in [-0.2, -0.15) is 0 Å². The smallest absolute Gasteiger partial charge is 0.119 e. The van der Waals surface area contributed by atoms with Gasteiger partial charge in [0.05, 0.1) is 12.7 Å².